The van der Waals surface area contributed by atoms with Crippen LogP contribution in [0, 0.1) is 56.2 Å². The first-order chi connectivity index (χ1) is 12.9. The van der Waals surface area contributed by atoms with E-state index in [1.807, 2.05) is 37.3 Å². The molecular weight excluding hydrogens is 340 g/mol. The molecule has 4 atom stereocenters. The molecule has 2 heterocycles. The van der Waals surface area contributed by atoms with Gasteiger partial charge < -0.3 is 9.47 Å². The Kier molecular flexibility index (Phi) is 4.68. The van der Waals surface area contributed by atoms with E-state index in [2.05, 4.69) is 18.2 Å². The lowest BCUT2D eigenvalue weighted by Gasteiger charge is -2.48. The third-order valence-corrected chi connectivity index (χ3v) is 5.94. The van der Waals surface area contributed by atoms with E-state index in [0.29, 0.717) is 19.3 Å². The molecule has 2 aliphatic heterocycles. The minimum Gasteiger partial charge on any atom is -0.448 e. The van der Waals surface area contributed by atoms with Crippen LogP contribution in [0.25, 0.3) is 0 Å². The quantitative estimate of drug-likeness (QED) is 0.858. The molecule has 1 aromatic rings. The Bertz CT molecular complexity index is 849. The van der Waals surface area contributed by atoms with E-state index in [0.717, 1.165) is 12.0 Å². The van der Waals surface area contributed by atoms with Crippen molar-refractivity contribution in [2.45, 2.75) is 51.4 Å². The zero-order valence-electron chi connectivity index (χ0n) is 15.5. The highest BCUT2D eigenvalue weighted by atomic mass is 16.7. The number of nitrogens with zero attached hydrogens (tertiary/aromatic N) is 3. The summed E-state index contributed by atoms with van der Waals surface area (Å²) in [6.07, 6.45) is 1.42. The number of rotatable bonds is 5. The molecule has 2 fully saturated rings. The lowest BCUT2D eigenvalue weighted by atomic mass is 9.53. The maximum absolute atomic E-state index is 10.1. The van der Waals surface area contributed by atoms with Crippen molar-refractivity contribution in [3.8, 4) is 18.2 Å². The van der Waals surface area contributed by atoms with Gasteiger partial charge >= 0.3 is 0 Å². The van der Waals surface area contributed by atoms with Crippen LogP contribution in [0.4, 0.5) is 0 Å². The Morgan fingerprint density at radius 3 is 2.30 bits per heavy atom. The van der Waals surface area contributed by atoms with Crippen LogP contribution in [-0.4, -0.2) is 17.8 Å². The third kappa shape index (κ3) is 2.43. The summed E-state index contributed by atoms with van der Waals surface area (Å²) in [5.41, 5.74) is -2.36. The molecule has 0 saturated carbocycles. The Labute approximate surface area is 159 Å². The van der Waals surface area contributed by atoms with Crippen LogP contribution in [0.1, 0.15) is 38.7 Å². The summed E-state index contributed by atoms with van der Waals surface area (Å²) in [5.74, 6) is -2.04. The van der Waals surface area contributed by atoms with Gasteiger partial charge in [-0.3, -0.25) is 5.41 Å². The predicted octanol–water partition coefficient (Wildman–Crippen LogP) is 3.70. The van der Waals surface area contributed by atoms with E-state index in [1.165, 1.54) is 0 Å². The van der Waals surface area contributed by atoms with Crippen molar-refractivity contribution < 1.29 is 9.47 Å². The van der Waals surface area contributed by atoms with E-state index in [9.17, 15) is 15.8 Å². The number of nitriles is 3. The molecule has 3 rings (SSSR count). The van der Waals surface area contributed by atoms with Crippen LogP contribution < -0.4 is 0 Å². The topological polar surface area (TPSA) is 114 Å². The van der Waals surface area contributed by atoms with Crippen molar-refractivity contribution >= 4 is 5.90 Å². The van der Waals surface area contributed by atoms with Gasteiger partial charge in [0.1, 0.15) is 0 Å². The summed E-state index contributed by atoms with van der Waals surface area (Å²) in [4.78, 5) is 0. The van der Waals surface area contributed by atoms with Crippen molar-refractivity contribution in [3.63, 3.8) is 0 Å². The summed E-state index contributed by atoms with van der Waals surface area (Å²) in [6, 6.07) is 16.0. The summed E-state index contributed by atoms with van der Waals surface area (Å²) in [7, 11) is 0. The van der Waals surface area contributed by atoms with Gasteiger partial charge in [-0.25, -0.2) is 0 Å². The van der Waals surface area contributed by atoms with Crippen LogP contribution in [0.2, 0.25) is 0 Å². The fourth-order valence-corrected chi connectivity index (χ4v) is 4.64. The molecule has 2 bridgehead atoms. The molecule has 0 amide bonds. The van der Waals surface area contributed by atoms with Gasteiger partial charge in [0, 0.05) is 6.92 Å². The van der Waals surface area contributed by atoms with Crippen LogP contribution in [-0.2, 0) is 15.9 Å². The normalized spacial score (nSPS) is 33.4. The van der Waals surface area contributed by atoms with Gasteiger partial charge in [-0.05, 0) is 24.8 Å². The average Bonchev–Trinajstić information content (AvgIpc) is 2.84. The standard InChI is InChI=1S/C21H22N4O2/c1-3-7-16-19(2)26-17(11-10-15-8-5-4-6-9-15)20(12-22,13-23)21(16,14-24)18(25)27-19/h4-6,8-9,16-17,25H,3,7,10-11H2,1-2H3. The number of benzene rings is 1. The molecule has 138 valence electrons. The molecule has 0 aliphatic carbocycles. The van der Waals surface area contributed by atoms with Crippen molar-refractivity contribution in [2.75, 3.05) is 0 Å². The Balaban J connectivity index is 2.07. The largest absolute Gasteiger partial charge is 0.448 e. The highest BCUT2D eigenvalue weighted by Crippen LogP contribution is 2.64. The molecule has 6 nitrogen and oxygen atoms in total. The number of hydrogen-bond donors (Lipinski definition) is 1. The summed E-state index contributed by atoms with van der Waals surface area (Å²) in [6.45, 7) is 3.68. The molecule has 27 heavy (non-hydrogen) atoms. The molecule has 1 aromatic carbocycles. The van der Waals surface area contributed by atoms with Crippen molar-refractivity contribution in [2.24, 2.45) is 16.7 Å². The first-order valence-corrected chi connectivity index (χ1v) is 9.17. The fourth-order valence-electron chi connectivity index (χ4n) is 4.64. The molecule has 0 aromatic heterocycles. The lowest BCUT2D eigenvalue weighted by Crippen LogP contribution is -2.62. The molecule has 2 aliphatic rings. The van der Waals surface area contributed by atoms with Crippen LogP contribution >= 0.6 is 0 Å². The summed E-state index contributed by atoms with van der Waals surface area (Å²) in [5, 5.41) is 38.6. The lowest BCUT2D eigenvalue weighted by molar-refractivity contribution is -0.271. The third-order valence-electron chi connectivity index (χ3n) is 5.94. The highest BCUT2D eigenvalue weighted by molar-refractivity contribution is 5.89. The number of ether oxygens (including phenoxy) is 2. The average molecular weight is 362 g/mol. The van der Waals surface area contributed by atoms with Gasteiger partial charge in [0.15, 0.2) is 10.8 Å². The predicted molar refractivity (Wildman–Crippen MR) is 97.0 cm³/mol. The monoisotopic (exact) mass is 362 g/mol. The highest BCUT2D eigenvalue weighted by Gasteiger charge is 2.78. The summed E-state index contributed by atoms with van der Waals surface area (Å²) >= 11 is 0. The number of fused-ring (bicyclic) bond motifs is 2. The van der Waals surface area contributed by atoms with E-state index in [4.69, 9.17) is 14.9 Å². The van der Waals surface area contributed by atoms with Gasteiger partial charge in [-0.15, -0.1) is 0 Å². The minimum atomic E-state index is -1.79. The maximum Gasteiger partial charge on any atom is 0.214 e. The summed E-state index contributed by atoms with van der Waals surface area (Å²) < 4.78 is 11.9. The van der Waals surface area contributed by atoms with Gasteiger partial charge in [0.25, 0.3) is 0 Å². The first-order valence-electron chi connectivity index (χ1n) is 9.17. The molecule has 0 radical (unpaired) electrons. The SMILES string of the molecule is CCCC1C2(C)OC(=N)C1(C#N)C(C#N)(C#N)C(CCc1ccccc1)O2. The van der Waals surface area contributed by atoms with Crippen LogP contribution in [0.15, 0.2) is 30.3 Å². The van der Waals surface area contributed by atoms with E-state index in [-0.39, 0.29) is 5.90 Å². The zero-order chi connectivity index (χ0) is 19.7. The molecule has 4 unspecified atom stereocenters. The van der Waals surface area contributed by atoms with E-state index >= 15 is 0 Å². The van der Waals surface area contributed by atoms with Crippen molar-refractivity contribution in [1.82, 2.24) is 0 Å². The van der Waals surface area contributed by atoms with Gasteiger partial charge in [-0.1, -0.05) is 43.7 Å². The van der Waals surface area contributed by atoms with Crippen LogP contribution in [0.3, 0.4) is 0 Å². The second-order valence-corrected chi connectivity index (χ2v) is 7.37. The van der Waals surface area contributed by atoms with Crippen molar-refractivity contribution in [3.05, 3.63) is 35.9 Å². The smallest absolute Gasteiger partial charge is 0.214 e. The first kappa shape index (κ1) is 18.9. The molecule has 0 spiro atoms. The second-order valence-electron chi connectivity index (χ2n) is 7.37. The van der Waals surface area contributed by atoms with Gasteiger partial charge in [0.2, 0.25) is 11.7 Å². The zero-order valence-corrected chi connectivity index (χ0v) is 15.5. The Morgan fingerprint density at radius 1 is 1.07 bits per heavy atom. The van der Waals surface area contributed by atoms with Gasteiger partial charge in [-0.2, -0.15) is 15.8 Å². The second kappa shape index (κ2) is 6.69. The maximum atomic E-state index is 10.1. The minimum absolute atomic E-state index is 0.323. The van der Waals surface area contributed by atoms with E-state index < -0.39 is 28.6 Å². The Morgan fingerprint density at radius 2 is 1.74 bits per heavy atom. The Hall–Kier alpha value is -2.88. The van der Waals surface area contributed by atoms with Gasteiger partial charge in [0.05, 0.1) is 30.2 Å². The fraction of sp³-hybridized carbons (Fsp3) is 0.524. The molecule has 2 saturated heterocycles. The van der Waals surface area contributed by atoms with Crippen molar-refractivity contribution in [1.29, 1.82) is 21.2 Å². The number of nitrogens with one attached hydrogen (secondary N) is 1. The number of aryl methyl sites for hydroxylation is 1. The molecular formula is C21H22N4O2. The number of hydrogen-bond acceptors (Lipinski definition) is 6. The molecule has 1 N–H and O–H groups in total. The molecule has 6 heteroatoms. The van der Waals surface area contributed by atoms with Crippen LogP contribution in [0.5, 0.6) is 0 Å². The van der Waals surface area contributed by atoms with E-state index in [1.54, 1.807) is 6.92 Å².